The van der Waals surface area contributed by atoms with Gasteiger partial charge in [-0.2, -0.15) is 11.8 Å². The SMILES string of the molecule is CC(=O)c1cc(C2CCCSC2)on1. The third-order valence-electron chi connectivity index (χ3n) is 2.45. The number of aromatic nitrogens is 1. The maximum atomic E-state index is 11.0. The van der Waals surface area contributed by atoms with E-state index in [4.69, 9.17) is 4.52 Å². The number of nitrogens with zero attached hydrogens (tertiary/aromatic N) is 1. The second-order valence-electron chi connectivity index (χ2n) is 3.58. The monoisotopic (exact) mass is 211 g/mol. The molecule has 0 N–H and O–H groups in total. The summed E-state index contributed by atoms with van der Waals surface area (Å²) in [5, 5.41) is 3.76. The molecule has 0 amide bonds. The molecule has 2 heterocycles. The summed E-state index contributed by atoms with van der Waals surface area (Å²) in [5.41, 5.74) is 0.454. The molecule has 1 aromatic rings. The van der Waals surface area contributed by atoms with Gasteiger partial charge in [-0.05, 0) is 18.6 Å². The molecule has 1 aliphatic heterocycles. The van der Waals surface area contributed by atoms with Crippen molar-refractivity contribution in [2.24, 2.45) is 0 Å². The molecule has 1 saturated heterocycles. The second-order valence-corrected chi connectivity index (χ2v) is 4.73. The van der Waals surface area contributed by atoms with E-state index in [1.807, 2.05) is 11.8 Å². The van der Waals surface area contributed by atoms with Gasteiger partial charge in [0.15, 0.2) is 5.78 Å². The summed E-state index contributed by atoms with van der Waals surface area (Å²) >= 11 is 1.94. The Morgan fingerprint density at radius 3 is 3.14 bits per heavy atom. The Morgan fingerprint density at radius 1 is 1.71 bits per heavy atom. The standard InChI is InChI=1S/C10H13NO2S/c1-7(12)9-5-10(13-11-9)8-3-2-4-14-6-8/h5,8H,2-4,6H2,1H3. The van der Waals surface area contributed by atoms with Crippen LogP contribution in [0, 0.1) is 0 Å². The first kappa shape index (κ1) is 9.77. The number of rotatable bonds is 2. The molecule has 1 fully saturated rings. The predicted molar refractivity (Wildman–Crippen MR) is 55.8 cm³/mol. The number of Topliss-reactive ketones (excluding diaryl/α,β-unsaturated/α-hetero) is 1. The lowest BCUT2D eigenvalue weighted by Crippen LogP contribution is -2.07. The largest absolute Gasteiger partial charge is 0.360 e. The van der Waals surface area contributed by atoms with Crippen molar-refractivity contribution in [3.05, 3.63) is 17.5 Å². The molecule has 1 unspecified atom stereocenters. The third-order valence-corrected chi connectivity index (χ3v) is 3.67. The first-order valence-electron chi connectivity index (χ1n) is 4.82. The first-order chi connectivity index (χ1) is 6.77. The fourth-order valence-corrected chi connectivity index (χ4v) is 2.77. The number of carbonyl (C=O) groups excluding carboxylic acids is 1. The van der Waals surface area contributed by atoms with Crippen LogP contribution in [0.3, 0.4) is 0 Å². The van der Waals surface area contributed by atoms with Crippen LogP contribution in [0.15, 0.2) is 10.6 Å². The van der Waals surface area contributed by atoms with Gasteiger partial charge in [-0.25, -0.2) is 0 Å². The van der Waals surface area contributed by atoms with Gasteiger partial charge in [0, 0.05) is 24.7 Å². The lowest BCUT2D eigenvalue weighted by atomic mass is 10.0. The van der Waals surface area contributed by atoms with E-state index in [1.165, 1.54) is 19.1 Å². The fraction of sp³-hybridized carbons (Fsp3) is 0.600. The fourth-order valence-electron chi connectivity index (χ4n) is 1.61. The van der Waals surface area contributed by atoms with Gasteiger partial charge < -0.3 is 4.52 Å². The van der Waals surface area contributed by atoms with Crippen LogP contribution in [0.5, 0.6) is 0 Å². The predicted octanol–water partition coefficient (Wildman–Crippen LogP) is 2.49. The molecule has 0 saturated carbocycles. The van der Waals surface area contributed by atoms with Crippen LogP contribution < -0.4 is 0 Å². The van der Waals surface area contributed by atoms with Crippen molar-refractivity contribution >= 4 is 17.5 Å². The molecular weight excluding hydrogens is 198 g/mol. The highest BCUT2D eigenvalue weighted by atomic mass is 32.2. The Labute approximate surface area is 87.2 Å². The van der Waals surface area contributed by atoms with E-state index in [0.29, 0.717) is 11.6 Å². The molecule has 14 heavy (non-hydrogen) atoms. The lowest BCUT2D eigenvalue weighted by molar-refractivity contribution is 0.100. The van der Waals surface area contributed by atoms with Gasteiger partial charge in [0.05, 0.1) is 0 Å². The Morgan fingerprint density at radius 2 is 2.57 bits per heavy atom. The van der Waals surface area contributed by atoms with Crippen molar-refractivity contribution in [1.82, 2.24) is 5.16 Å². The molecule has 0 bridgehead atoms. The number of ketones is 1. The summed E-state index contributed by atoms with van der Waals surface area (Å²) in [5.74, 6) is 3.64. The van der Waals surface area contributed by atoms with E-state index in [1.54, 1.807) is 6.07 Å². The molecular formula is C10H13NO2S. The quantitative estimate of drug-likeness (QED) is 0.705. The van der Waals surface area contributed by atoms with Crippen molar-refractivity contribution in [2.45, 2.75) is 25.7 Å². The number of thioether (sulfide) groups is 1. The van der Waals surface area contributed by atoms with E-state index in [9.17, 15) is 4.79 Å². The highest BCUT2D eigenvalue weighted by Crippen LogP contribution is 2.31. The van der Waals surface area contributed by atoms with Crippen molar-refractivity contribution in [3.63, 3.8) is 0 Å². The molecule has 3 nitrogen and oxygen atoms in total. The minimum Gasteiger partial charge on any atom is -0.360 e. The Kier molecular flexibility index (Phi) is 2.91. The minimum atomic E-state index is -0.0246. The van der Waals surface area contributed by atoms with E-state index in [0.717, 1.165) is 17.9 Å². The van der Waals surface area contributed by atoms with Gasteiger partial charge >= 0.3 is 0 Å². The van der Waals surface area contributed by atoms with Crippen molar-refractivity contribution in [2.75, 3.05) is 11.5 Å². The molecule has 0 radical (unpaired) electrons. The van der Waals surface area contributed by atoms with E-state index >= 15 is 0 Å². The summed E-state index contributed by atoms with van der Waals surface area (Å²) in [6, 6.07) is 1.79. The average molecular weight is 211 g/mol. The van der Waals surface area contributed by atoms with Crippen LogP contribution in [-0.2, 0) is 0 Å². The Balaban J connectivity index is 2.11. The van der Waals surface area contributed by atoms with Crippen LogP contribution in [0.4, 0.5) is 0 Å². The average Bonchev–Trinajstić information content (AvgIpc) is 2.68. The third kappa shape index (κ3) is 2.00. The summed E-state index contributed by atoms with van der Waals surface area (Å²) in [4.78, 5) is 11.0. The summed E-state index contributed by atoms with van der Waals surface area (Å²) in [6.07, 6.45) is 2.38. The van der Waals surface area contributed by atoms with Crippen LogP contribution in [0.2, 0.25) is 0 Å². The highest BCUT2D eigenvalue weighted by Gasteiger charge is 2.20. The molecule has 4 heteroatoms. The normalized spacial score (nSPS) is 22.2. The zero-order valence-corrected chi connectivity index (χ0v) is 8.97. The van der Waals surface area contributed by atoms with E-state index < -0.39 is 0 Å². The molecule has 1 atom stereocenters. The molecule has 0 aliphatic carbocycles. The van der Waals surface area contributed by atoms with E-state index in [-0.39, 0.29) is 5.78 Å². The maximum Gasteiger partial charge on any atom is 0.181 e. The number of hydrogen-bond acceptors (Lipinski definition) is 4. The van der Waals surface area contributed by atoms with Crippen molar-refractivity contribution in [1.29, 1.82) is 0 Å². The zero-order valence-electron chi connectivity index (χ0n) is 8.16. The van der Waals surface area contributed by atoms with Gasteiger partial charge in [0.2, 0.25) is 0 Å². The van der Waals surface area contributed by atoms with Crippen LogP contribution in [-0.4, -0.2) is 22.4 Å². The van der Waals surface area contributed by atoms with Gasteiger partial charge in [-0.1, -0.05) is 5.16 Å². The van der Waals surface area contributed by atoms with Gasteiger partial charge in [0.25, 0.3) is 0 Å². The molecule has 1 aromatic heterocycles. The molecule has 2 rings (SSSR count). The highest BCUT2D eigenvalue weighted by molar-refractivity contribution is 7.99. The molecule has 0 aromatic carbocycles. The maximum absolute atomic E-state index is 11.0. The Hall–Kier alpha value is -0.770. The number of carbonyl (C=O) groups is 1. The summed E-state index contributed by atoms with van der Waals surface area (Å²) < 4.78 is 5.18. The number of hydrogen-bond donors (Lipinski definition) is 0. The molecule has 76 valence electrons. The van der Waals surface area contributed by atoms with Crippen molar-refractivity contribution in [3.8, 4) is 0 Å². The smallest absolute Gasteiger partial charge is 0.181 e. The lowest BCUT2D eigenvalue weighted by Gasteiger charge is -2.17. The summed E-state index contributed by atoms with van der Waals surface area (Å²) in [7, 11) is 0. The van der Waals surface area contributed by atoms with Gasteiger partial charge in [0.1, 0.15) is 11.5 Å². The second kappa shape index (κ2) is 4.17. The zero-order chi connectivity index (χ0) is 9.97. The molecule has 0 spiro atoms. The van der Waals surface area contributed by atoms with E-state index in [2.05, 4.69) is 5.16 Å². The van der Waals surface area contributed by atoms with Crippen molar-refractivity contribution < 1.29 is 9.32 Å². The van der Waals surface area contributed by atoms with Gasteiger partial charge in [-0.3, -0.25) is 4.79 Å². The minimum absolute atomic E-state index is 0.0246. The summed E-state index contributed by atoms with van der Waals surface area (Å²) in [6.45, 7) is 1.51. The first-order valence-corrected chi connectivity index (χ1v) is 5.98. The van der Waals surface area contributed by atoms with Crippen LogP contribution in [0.25, 0.3) is 0 Å². The van der Waals surface area contributed by atoms with Crippen LogP contribution >= 0.6 is 11.8 Å². The molecule has 1 aliphatic rings. The van der Waals surface area contributed by atoms with Crippen LogP contribution in [0.1, 0.15) is 41.9 Å². The van der Waals surface area contributed by atoms with Gasteiger partial charge in [-0.15, -0.1) is 0 Å². The Bertz CT molecular complexity index is 329. The topological polar surface area (TPSA) is 43.1 Å².